The molecule has 2 fully saturated rings. The molecule has 0 unspecified atom stereocenters. The number of nitrogens with one attached hydrogen (secondary N) is 1. The second-order valence-corrected chi connectivity index (χ2v) is 6.76. The Labute approximate surface area is 147 Å². The molecule has 1 N–H and O–H groups in total. The molecule has 0 bridgehead atoms. The van der Waals surface area contributed by atoms with E-state index in [1.165, 1.54) is 18.4 Å². The second-order valence-electron chi connectivity index (χ2n) is 6.76. The fourth-order valence-electron chi connectivity index (χ4n) is 3.06. The number of hydrogen-bond acceptors (Lipinski definition) is 5. The molecule has 130 valence electrons. The molecule has 6 heteroatoms. The minimum atomic E-state index is -0.0233. The topological polar surface area (TPSA) is 61.4 Å². The van der Waals surface area contributed by atoms with Crippen LogP contribution in [0.4, 0.5) is 5.82 Å². The summed E-state index contributed by atoms with van der Waals surface area (Å²) < 4.78 is 0. The molecule has 0 radical (unpaired) electrons. The summed E-state index contributed by atoms with van der Waals surface area (Å²) in [6.45, 7) is 4.17. The van der Waals surface area contributed by atoms with Crippen LogP contribution in [-0.4, -0.2) is 57.9 Å². The first-order valence-corrected chi connectivity index (χ1v) is 8.92. The van der Waals surface area contributed by atoms with Crippen LogP contribution in [0, 0.1) is 0 Å². The Hall–Kier alpha value is -2.47. The molecule has 1 amide bonds. The second kappa shape index (κ2) is 7.19. The van der Waals surface area contributed by atoms with Gasteiger partial charge in [-0.1, -0.05) is 30.3 Å². The third-order valence-corrected chi connectivity index (χ3v) is 4.71. The normalized spacial score (nSPS) is 18.2. The van der Waals surface area contributed by atoms with Crippen molar-refractivity contribution >= 4 is 11.7 Å². The van der Waals surface area contributed by atoms with Crippen molar-refractivity contribution in [3.63, 3.8) is 0 Å². The van der Waals surface area contributed by atoms with Gasteiger partial charge in [-0.25, -0.2) is 9.97 Å². The van der Waals surface area contributed by atoms with Crippen LogP contribution in [0.15, 0.2) is 42.7 Å². The zero-order valence-electron chi connectivity index (χ0n) is 14.3. The molecule has 1 aromatic heterocycles. The summed E-state index contributed by atoms with van der Waals surface area (Å²) in [4.78, 5) is 25.5. The van der Waals surface area contributed by atoms with Gasteiger partial charge in [0.15, 0.2) is 0 Å². The van der Waals surface area contributed by atoms with E-state index in [1.807, 2.05) is 11.0 Å². The van der Waals surface area contributed by atoms with Crippen LogP contribution in [0.3, 0.4) is 0 Å². The minimum absolute atomic E-state index is 0.0233. The first-order chi connectivity index (χ1) is 12.3. The van der Waals surface area contributed by atoms with E-state index in [-0.39, 0.29) is 5.91 Å². The SMILES string of the molecule is O=C(c1cnc(NC2CC2)cn1)N1CCN(Cc2ccccc2)CC1. The highest BCUT2D eigenvalue weighted by molar-refractivity contribution is 5.92. The van der Waals surface area contributed by atoms with Crippen molar-refractivity contribution in [1.29, 1.82) is 0 Å². The quantitative estimate of drug-likeness (QED) is 0.904. The largest absolute Gasteiger partial charge is 0.366 e. The van der Waals surface area contributed by atoms with Crippen LogP contribution in [0.2, 0.25) is 0 Å². The van der Waals surface area contributed by atoms with Crippen LogP contribution in [0.25, 0.3) is 0 Å². The minimum Gasteiger partial charge on any atom is -0.366 e. The fraction of sp³-hybridized carbons (Fsp3) is 0.421. The molecular formula is C19H23N5O. The molecule has 1 aliphatic heterocycles. The number of amides is 1. The van der Waals surface area contributed by atoms with Gasteiger partial charge >= 0.3 is 0 Å². The molecule has 0 spiro atoms. The number of carbonyl (C=O) groups is 1. The van der Waals surface area contributed by atoms with E-state index in [0.717, 1.165) is 38.5 Å². The number of anilines is 1. The Morgan fingerprint density at radius 1 is 1.04 bits per heavy atom. The average molecular weight is 337 g/mol. The molecule has 1 saturated carbocycles. The molecule has 2 heterocycles. The van der Waals surface area contributed by atoms with Crippen LogP contribution >= 0.6 is 0 Å². The maximum Gasteiger partial charge on any atom is 0.274 e. The van der Waals surface area contributed by atoms with Gasteiger partial charge in [0.1, 0.15) is 11.5 Å². The van der Waals surface area contributed by atoms with Crippen LogP contribution in [-0.2, 0) is 6.54 Å². The van der Waals surface area contributed by atoms with Gasteiger partial charge in [-0.15, -0.1) is 0 Å². The summed E-state index contributed by atoms with van der Waals surface area (Å²) in [5, 5.41) is 3.29. The van der Waals surface area contributed by atoms with E-state index in [2.05, 4.69) is 44.5 Å². The average Bonchev–Trinajstić information content (AvgIpc) is 3.47. The summed E-state index contributed by atoms with van der Waals surface area (Å²) in [6.07, 6.45) is 5.63. The summed E-state index contributed by atoms with van der Waals surface area (Å²) in [6, 6.07) is 11.0. The van der Waals surface area contributed by atoms with Crippen molar-refractivity contribution in [2.45, 2.75) is 25.4 Å². The zero-order valence-corrected chi connectivity index (χ0v) is 14.3. The lowest BCUT2D eigenvalue weighted by molar-refractivity contribution is 0.0622. The number of hydrogen-bond donors (Lipinski definition) is 1. The van der Waals surface area contributed by atoms with Gasteiger partial charge < -0.3 is 10.2 Å². The molecule has 4 rings (SSSR count). The Kier molecular flexibility index (Phi) is 4.61. The lowest BCUT2D eigenvalue weighted by Gasteiger charge is -2.34. The summed E-state index contributed by atoms with van der Waals surface area (Å²) >= 11 is 0. The van der Waals surface area contributed by atoms with Crippen LogP contribution in [0.1, 0.15) is 28.9 Å². The Morgan fingerprint density at radius 2 is 1.80 bits per heavy atom. The van der Waals surface area contributed by atoms with Gasteiger partial charge in [-0.05, 0) is 18.4 Å². The van der Waals surface area contributed by atoms with E-state index in [0.29, 0.717) is 11.7 Å². The Morgan fingerprint density at radius 3 is 2.44 bits per heavy atom. The molecule has 0 atom stereocenters. The van der Waals surface area contributed by atoms with Crippen LogP contribution < -0.4 is 5.32 Å². The lowest BCUT2D eigenvalue weighted by atomic mass is 10.2. The van der Waals surface area contributed by atoms with E-state index >= 15 is 0 Å². The predicted molar refractivity (Wildman–Crippen MR) is 96.3 cm³/mol. The number of benzene rings is 1. The van der Waals surface area contributed by atoms with Gasteiger partial charge in [-0.3, -0.25) is 9.69 Å². The highest BCUT2D eigenvalue weighted by atomic mass is 16.2. The van der Waals surface area contributed by atoms with E-state index in [4.69, 9.17) is 0 Å². The molecular weight excluding hydrogens is 314 g/mol. The molecule has 2 aliphatic rings. The lowest BCUT2D eigenvalue weighted by Crippen LogP contribution is -2.48. The van der Waals surface area contributed by atoms with Crippen molar-refractivity contribution in [3.8, 4) is 0 Å². The standard InChI is InChI=1S/C19H23N5O/c25-19(17-12-21-18(13-20-17)22-16-6-7-16)24-10-8-23(9-11-24)14-15-4-2-1-3-5-15/h1-5,12-13,16H,6-11,14H2,(H,21,22). The van der Waals surface area contributed by atoms with Gasteiger partial charge in [-0.2, -0.15) is 0 Å². The molecule has 1 saturated heterocycles. The van der Waals surface area contributed by atoms with Crippen molar-refractivity contribution in [2.24, 2.45) is 0 Å². The van der Waals surface area contributed by atoms with Crippen molar-refractivity contribution in [1.82, 2.24) is 19.8 Å². The van der Waals surface area contributed by atoms with E-state index < -0.39 is 0 Å². The highest BCUT2D eigenvalue weighted by Gasteiger charge is 2.24. The number of rotatable bonds is 5. The number of aromatic nitrogens is 2. The molecule has 1 aliphatic carbocycles. The Bertz CT molecular complexity index is 706. The van der Waals surface area contributed by atoms with Crippen LogP contribution in [0.5, 0.6) is 0 Å². The van der Waals surface area contributed by atoms with Gasteiger partial charge in [0.2, 0.25) is 0 Å². The Balaban J connectivity index is 1.30. The van der Waals surface area contributed by atoms with Gasteiger partial charge in [0.05, 0.1) is 12.4 Å². The van der Waals surface area contributed by atoms with Crippen molar-refractivity contribution < 1.29 is 4.79 Å². The smallest absolute Gasteiger partial charge is 0.274 e. The van der Waals surface area contributed by atoms with E-state index in [1.54, 1.807) is 12.4 Å². The monoisotopic (exact) mass is 337 g/mol. The highest BCUT2D eigenvalue weighted by Crippen LogP contribution is 2.23. The third kappa shape index (κ3) is 4.14. The fourth-order valence-corrected chi connectivity index (χ4v) is 3.06. The number of carbonyl (C=O) groups excluding carboxylic acids is 1. The first-order valence-electron chi connectivity index (χ1n) is 8.92. The zero-order chi connectivity index (χ0) is 17.1. The third-order valence-electron chi connectivity index (χ3n) is 4.71. The molecule has 25 heavy (non-hydrogen) atoms. The molecule has 6 nitrogen and oxygen atoms in total. The maximum absolute atomic E-state index is 12.6. The summed E-state index contributed by atoms with van der Waals surface area (Å²) in [7, 11) is 0. The maximum atomic E-state index is 12.6. The first kappa shape index (κ1) is 16.0. The van der Waals surface area contributed by atoms with Gasteiger partial charge in [0, 0.05) is 38.8 Å². The predicted octanol–water partition coefficient (Wildman–Crippen LogP) is 2.01. The van der Waals surface area contributed by atoms with Gasteiger partial charge in [0.25, 0.3) is 5.91 Å². The molecule has 2 aromatic rings. The van der Waals surface area contributed by atoms with Crippen molar-refractivity contribution in [2.75, 3.05) is 31.5 Å². The molecule has 1 aromatic carbocycles. The number of piperazine rings is 1. The van der Waals surface area contributed by atoms with Crippen molar-refractivity contribution in [3.05, 3.63) is 54.0 Å². The summed E-state index contributed by atoms with van der Waals surface area (Å²) in [5.41, 5.74) is 1.74. The van der Waals surface area contributed by atoms with E-state index in [9.17, 15) is 4.79 Å². The summed E-state index contributed by atoms with van der Waals surface area (Å²) in [5.74, 6) is 0.733. The number of nitrogens with zero attached hydrogens (tertiary/aromatic N) is 4.